The summed E-state index contributed by atoms with van der Waals surface area (Å²) in [5.41, 5.74) is 0.823. The van der Waals surface area contributed by atoms with Gasteiger partial charge >= 0.3 is 12.1 Å². The van der Waals surface area contributed by atoms with Crippen LogP contribution in [0.3, 0.4) is 0 Å². The first kappa shape index (κ1) is 16.6. The number of carbonyl (C=O) groups excluding carboxylic acids is 2. The number of aliphatic carboxylic acids is 1. The quantitative estimate of drug-likeness (QED) is 0.711. The molecule has 0 fully saturated rings. The van der Waals surface area contributed by atoms with Crippen LogP contribution < -0.4 is 5.32 Å². The predicted molar refractivity (Wildman–Crippen MR) is 74.7 cm³/mol. The van der Waals surface area contributed by atoms with E-state index >= 15 is 0 Å². The molecule has 0 heterocycles. The smallest absolute Gasteiger partial charge is 0.410 e. The molecule has 0 aliphatic heterocycles. The number of amides is 1. The number of likely N-dealkylation sites (N-methyl/N-ethyl adjacent to an activating group) is 2. The fourth-order valence-corrected chi connectivity index (χ4v) is 1.64. The van der Waals surface area contributed by atoms with Gasteiger partial charge in [0.15, 0.2) is 11.8 Å². The van der Waals surface area contributed by atoms with Crippen molar-refractivity contribution in [3.05, 3.63) is 35.9 Å². The summed E-state index contributed by atoms with van der Waals surface area (Å²) in [6.07, 6.45) is -0.688. The standard InChI is InChI=1S/C14H18N2O5/c1-15-12(13(18)19)11(17)8-16(2)14(20)21-9-10-6-4-3-5-7-10/h3-7,12,15H,8-9H2,1-2H3,(H,18,19). The molecule has 114 valence electrons. The third-order valence-corrected chi connectivity index (χ3v) is 2.77. The van der Waals surface area contributed by atoms with Crippen molar-refractivity contribution in [2.45, 2.75) is 12.6 Å². The zero-order valence-corrected chi connectivity index (χ0v) is 11.9. The van der Waals surface area contributed by atoms with Gasteiger partial charge in [0.1, 0.15) is 6.61 Å². The lowest BCUT2D eigenvalue weighted by atomic mass is 10.2. The number of hydrogen-bond donors (Lipinski definition) is 2. The molecule has 0 saturated carbocycles. The van der Waals surface area contributed by atoms with E-state index in [-0.39, 0.29) is 13.2 Å². The Hall–Kier alpha value is -2.41. The van der Waals surface area contributed by atoms with E-state index in [0.29, 0.717) is 0 Å². The van der Waals surface area contributed by atoms with Gasteiger partial charge in [0.2, 0.25) is 0 Å². The lowest BCUT2D eigenvalue weighted by molar-refractivity contribution is -0.143. The predicted octanol–water partition coefficient (Wildman–Crippen LogP) is 0.497. The molecule has 0 saturated heterocycles. The minimum atomic E-state index is -1.34. The minimum Gasteiger partial charge on any atom is -0.480 e. The van der Waals surface area contributed by atoms with Gasteiger partial charge in [0.05, 0.1) is 6.54 Å². The molecule has 0 aromatic heterocycles. The number of ether oxygens (including phenoxy) is 1. The van der Waals surface area contributed by atoms with Gasteiger partial charge in [-0.3, -0.25) is 9.59 Å². The van der Waals surface area contributed by atoms with Gasteiger partial charge in [0, 0.05) is 7.05 Å². The monoisotopic (exact) mass is 294 g/mol. The molecule has 1 amide bonds. The maximum Gasteiger partial charge on any atom is 0.410 e. The Morgan fingerprint density at radius 1 is 1.29 bits per heavy atom. The maximum absolute atomic E-state index is 11.7. The fourth-order valence-electron chi connectivity index (χ4n) is 1.64. The van der Waals surface area contributed by atoms with E-state index in [0.717, 1.165) is 10.5 Å². The van der Waals surface area contributed by atoms with Gasteiger partial charge in [0.25, 0.3) is 0 Å². The molecule has 2 N–H and O–H groups in total. The van der Waals surface area contributed by atoms with Crippen molar-refractivity contribution in [3.8, 4) is 0 Å². The van der Waals surface area contributed by atoms with Gasteiger partial charge in [-0.25, -0.2) is 4.79 Å². The zero-order valence-electron chi connectivity index (χ0n) is 11.9. The van der Waals surface area contributed by atoms with E-state index in [4.69, 9.17) is 9.84 Å². The number of carboxylic acid groups (broad SMARTS) is 1. The molecule has 7 heteroatoms. The summed E-state index contributed by atoms with van der Waals surface area (Å²) >= 11 is 0. The number of benzene rings is 1. The lowest BCUT2D eigenvalue weighted by Gasteiger charge is -2.18. The molecule has 7 nitrogen and oxygen atoms in total. The van der Waals surface area contributed by atoms with Crippen LogP contribution in [0.2, 0.25) is 0 Å². The van der Waals surface area contributed by atoms with E-state index < -0.39 is 23.9 Å². The van der Waals surface area contributed by atoms with Crippen molar-refractivity contribution in [2.75, 3.05) is 20.6 Å². The number of carboxylic acids is 1. The molecule has 1 aromatic rings. The van der Waals surface area contributed by atoms with Crippen LogP contribution >= 0.6 is 0 Å². The molecular weight excluding hydrogens is 276 g/mol. The Labute approximate surface area is 122 Å². The van der Waals surface area contributed by atoms with Crippen molar-refractivity contribution in [3.63, 3.8) is 0 Å². The van der Waals surface area contributed by atoms with Gasteiger partial charge < -0.3 is 20.1 Å². The first-order chi connectivity index (χ1) is 9.95. The van der Waals surface area contributed by atoms with Gasteiger partial charge in [-0.2, -0.15) is 0 Å². The van der Waals surface area contributed by atoms with Crippen LogP contribution in [-0.4, -0.2) is 54.5 Å². The summed E-state index contributed by atoms with van der Waals surface area (Å²) in [5, 5.41) is 11.2. The van der Waals surface area contributed by atoms with E-state index in [1.54, 1.807) is 12.1 Å². The highest BCUT2D eigenvalue weighted by atomic mass is 16.6. The molecule has 0 spiro atoms. The van der Waals surface area contributed by atoms with Crippen molar-refractivity contribution in [1.29, 1.82) is 0 Å². The van der Waals surface area contributed by atoms with Crippen LogP contribution in [0.5, 0.6) is 0 Å². The van der Waals surface area contributed by atoms with Gasteiger partial charge in [-0.1, -0.05) is 30.3 Å². The van der Waals surface area contributed by atoms with Crippen molar-refractivity contribution < 1.29 is 24.2 Å². The molecule has 0 bridgehead atoms. The SMILES string of the molecule is CNC(C(=O)O)C(=O)CN(C)C(=O)OCc1ccccc1. The van der Waals surface area contributed by atoms with E-state index in [1.807, 2.05) is 18.2 Å². The number of hydrogen-bond acceptors (Lipinski definition) is 5. The Bertz CT molecular complexity index is 503. The van der Waals surface area contributed by atoms with E-state index in [9.17, 15) is 14.4 Å². The second-order valence-electron chi connectivity index (χ2n) is 4.42. The van der Waals surface area contributed by atoms with Crippen LogP contribution in [0.4, 0.5) is 4.79 Å². The maximum atomic E-state index is 11.7. The summed E-state index contributed by atoms with van der Waals surface area (Å²) in [5.74, 6) is -1.90. The normalized spacial score (nSPS) is 11.5. The molecule has 1 rings (SSSR count). The third kappa shape index (κ3) is 5.23. The average molecular weight is 294 g/mol. The van der Waals surface area contributed by atoms with Crippen molar-refractivity contribution in [1.82, 2.24) is 10.2 Å². The highest BCUT2D eigenvalue weighted by Crippen LogP contribution is 2.02. The highest BCUT2D eigenvalue weighted by molar-refractivity contribution is 6.03. The molecule has 0 radical (unpaired) electrons. The molecule has 21 heavy (non-hydrogen) atoms. The first-order valence-electron chi connectivity index (χ1n) is 6.30. The number of nitrogens with zero attached hydrogens (tertiary/aromatic N) is 1. The lowest BCUT2D eigenvalue weighted by Crippen LogP contribution is -2.46. The summed E-state index contributed by atoms with van der Waals surface area (Å²) in [6.45, 7) is -0.252. The second-order valence-corrected chi connectivity index (χ2v) is 4.42. The minimum absolute atomic E-state index is 0.0899. The second kappa shape index (κ2) is 8.01. The Morgan fingerprint density at radius 3 is 2.43 bits per heavy atom. The zero-order chi connectivity index (χ0) is 15.8. The van der Waals surface area contributed by atoms with Crippen LogP contribution in [-0.2, 0) is 20.9 Å². The van der Waals surface area contributed by atoms with Crippen molar-refractivity contribution in [2.24, 2.45) is 0 Å². The molecule has 0 aliphatic rings. The topological polar surface area (TPSA) is 95.9 Å². The van der Waals surface area contributed by atoms with Gasteiger partial charge in [-0.15, -0.1) is 0 Å². The largest absolute Gasteiger partial charge is 0.480 e. The Kier molecular flexibility index (Phi) is 6.35. The number of rotatable bonds is 7. The molecule has 1 atom stereocenters. The number of Topliss-reactive ketones (excluding diaryl/α,β-unsaturated/α-hetero) is 1. The van der Waals surface area contributed by atoms with Crippen LogP contribution in [0.25, 0.3) is 0 Å². The third-order valence-electron chi connectivity index (χ3n) is 2.77. The first-order valence-corrected chi connectivity index (χ1v) is 6.30. The molecule has 1 unspecified atom stereocenters. The summed E-state index contributed by atoms with van der Waals surface area (Å²) in [4.78, 5) is 35.3. The van der Waals surface area contributed by atoms with Crippen LogP contribution in [0.15, 0.2) is 30.3 Å². The fraction of sp³-hybridized carbons (Fsp3) is 0.357. The highest BCUT2D eigenvalue weighted by Gasteiger charge is 2.26. The van der Waals surface area contributed by atoms with Gasteiger partial charge in [-0.05, 0) is 12.6 Å². The average Bonchev–Trinajstić information content (AvgIpc) is 2.46. The van der Waals surface area contributed by atoms with Crippen molar-refractivity contribution >= 4 is 17.8 Å². The number of nitrogens with one attached hydrogen (secondary N) is 1. The van der Waals surface area contributed by atoms with Crippen LogP contribution in [0, 0.1) is 0 Å². The summed E-state index contributed by atoms with van der Waals surface area (Å²) in [7, 11) is 2.74. The summed E-state index contributed by atoms with van der Waals surface area (Å²) in [6, 6.07) is 7.76. The number of carbonyl (C=O) groups is 3. The summed E-state index contributed by atoms with van der Waals surface area (Å²) < 4.78 is 5.03. The molecule has 0 aliphatic carbocycles. The molecule has 1 aromatic carbocycles. The Balaban J connectivity index is 2.47. The van der Waals surface area contributed by atoms with E-state index in [1.165, 1.54) is 14.1 Å². The van der Waals surface area contributed by atoms with Crippen LogP contribution in [0.1, 0.15) is 5.56 Å². The Morgan fingerprint density at radius 2 is 1.90 bits per heavy atom. The molecular formula is C14H18N2O5. The number of ketones is 1. The van der Waals surface area contributed by atoms with E-state index in [2.05, 4.69) is 5.32 Å².